The molecule has 0 saturated carbocycles. The molecule has 0 aliphatic heterocycles. The Kier molecular flexibility index (Phi) is 5.13. The highest BCUT2D eigenvalue weighted by Crippen LogP contribution is 2.18. The van der Waals surface area contributed by atoms with Crippen LogP contribution in [0.4, 0.5) is 10.1 Å². The van der Waals surface area contributed by atoms with Crippen molar-refractivity contribution < 1.29 is 17.6 Å². The minimum atomic E-state index is -3.80. The third kappa shape index (κ3) is 4.40. The van der Waals surface area contributed by atoms with Gasteiger partial charge in [-0.25, -0.2) is 12.8 Å². The molecule has 5 nitrogen and oxygen atoms in total. The molecule has 120 valence electrons. The Bertz CT molecular complexity index is 833. The second-order valence-corrected chi connectivity index (χ2v) is 6.30. The smallest absolute Gasteiger partial charge is 0.279 e. The molecule has 0 saturated heterocycles. The van der Waals surface area contributed by atoms with E-state index in [-0.39, 0.29) is 10.5 Å². The molecule has 0 radical (unpaired) electrons. The molecule has 0 atom stereocenters. The summed E-state index contributed by atoms with van der Waals surface area (Å²) in [7, 11) is -2.49. The normalized spacial score (nSPS) is 11.8. The fraction of sp³-hybridized carbons (Fsp3) is 0.0625. The Balaban J connectivity index is 2.30. The number of carbonyl (C=O) groups excluding carboxylic acids is 1. The standard InChI is InChI=1S/C16H15FN2O3S/c1-18-16(20)15(17)11-12-6-5-9-14(10-12)23(21,22)19-13-7-3-2-4-8-13/h2-11,19H,1H3,(H,18,20)/b15-11+. The lowest BCUT2D eigenvalue weighted by Gasteiger charge is -2.08. The second-order valence-electron chi connectivity index (χ2n) is 4.62. The van der Waals surface area contributed by atoms with Crippen LogP contribution in [-0.4, -0.2) is 21.4 Å². The van der Waals surface area contributed by atoms with E-state index in [4.69, 9.17) is 0 Å². The van der Waals surface area contributed by atoms with Gasteiger partial charge in [0.1, 0.15) is 0 Å². The van der Waals surface area contributed by atoms with Crippen LogP contribution in [0, 0.1) is 0 Å². The van der Waals surface area contributed by atoms with Gasteiger partial charge in [-0.2, -0.15) is 0 Å². The highest BCUT2D eigenvalue weighted by molar-refractivity contribution is 7.92. The van der Waals surface area contributed by atoms with Crippen molar-refractivity contribution >= 4 is 27.7 Å². The maximum Gasteiger partial charge on any atom is 0.279 e. The van der Waals surface area contributed by atoms with E-state index in [9.17, 15) is 17.6 Å². The largest absolute Gasteiger partial charge is 0.353 e. The van der Waals surface area contributed by atoms with Crippen LogP contribution in [0.3, 0.4) is 0 Å². The van der Waals surface area contributed by atoms with Gasteiger partial charge in [0.25, 0.3) is 15.9 Å². The summed E-state index contributed by atoms with van der Waals surface area (Å²) in [6.07, 6.45) is 0.973. The number of anilines is 1. The Morgan fingerprint density at radius 3 is 2.43 bits per heavy atom. The van der Waals surface area contributed by atoms with Crippen LogP contribution in [-0.2, 0) is 14.8 Å². The number of hydrogen-bond donors (Lipinski definition) is 2. The van der Waals surface area contributed by atoms with Crippen molar-refractivity contribution in [3.05, 3.63) is 66.0 Å². The van der Waals surface area contributed by atoms with Gasteiger partial charge in [0.05, 0.1) is 4.90 Å². The lowest BCUT2D eigenvalue weighted by Crippen LogP contribution is -2.17. The molecule has 7 heteroatoms. The summed E-state index contributed by atoms with van der Waals surface area (Å²) >= 11 is 0. The third-order valence-electron chi connectivity index (χ3n) is 2.93. The molecule has 0 bridgehead atoms. The second kappa shape index (κ2) is 7.06. The van der Waals surface area contributed by atoms with E-state index in [0.29, 0.717) is 5.69 Å². The topological polar surface area (TPSA) is 75.3 Å². The molecule has 2 N–H and O–H groups in total. The van der Waals surface area contributed by atoms with Crippen molar-refractivity contribution in [2.45, 2.75) is 4.90 Å². The van der Waals surface area contributed by atoms with Gasteiger partial charge in [0.2, 0.25) is 0 Å². The number of sulfonamides is 1. The van der Waals surface area contributed by atoms with Gasteiger partial charge < -0.3 is 5.32 Å². The predicted molar refractivity (Wildman–Crippen MR) is 86.8 cm³/mol. The molecule has 2 aromatic carbocycles. The van der Waals surface area contributed by atoms with E-state index in [2.05, 4.69) is 10.0 Å². The molecule has 0 heterocycles. The lowest BCUT2D eigenvalue weighted by atomic mass is 10.2. The average Bonchev–Trinajstić information content (AvgIpc) is 2.55. The first-order valence-electron chi connectivity index (χ1n) is 6.69. The minimum absolute atomic E-state index is 0.0280. The van der Waals surface area contributed by atoms with Crippen molar-refractivity contribution in [1.82, 2.24) is 5.32 Å². The summed E-state index contributed by atoms with van der Waals surface area (Å²) in [4.78, 5) is 11.1. The monoisotopic (exact) mass is 334 g/mol. The molecule has 0 unspecified atom stereocenters. The maximum atomic E-state index is 13.5. The molecular formula is C16H15FN2O3S. The van der Waals surface area contributed by atoms with E-state index in [1.54, 1.807) is 30.3 Å². The molecule has 0 aliphatic carbocycles. The number of para-hydroxylation sites is 1. The van der Waals surface area contributed by atoms with Crippen molar-refractivity contribution in [3.63, 3.8) is 0 Å². The van der Waals surface area contributed by atoms with Crippen molar-refractivity contribution in [1.29, 1.82) is 0 Å². The number of nitrogens with one attached hydrogen (secondary N) is 2. The van der Waals surface area contributed by atoms with Gasteiger partial charge in [-0.15, -0.1) is 0 Å². The SMILES string of the molecule is CNC(=O)/C(F)=C\c1cccc(S(=O)(=O)Nc2ccccc2)c1. The Morgan fingerprint density at radius 1 is 1.09 bits per heavy atom. The molecule has 0 spiro atoms. The number of rotatable bonds is 5. The molecular weight excluding hydrogens is 319 g/mol. The van der Waals surface area contributed by atoms with Crippen LogP contribution in [0.5, 0.6) is 0 Å². The summed E-state index contributed by atoms with van der Waals surface area (Å²) in [6.45, 7) is 0. The number of halogens is 1. The molecule has 23 heavy (non-hydrogen) atoms. The molecule has 2 rings (SSSR count). The Morgan fingerprint density at radius 2 is 1.78 bits per heavy atom. The number of carbonyl (C=O) groups is 1. The molecule has 0 fully saturated rings. The van der Waals surface area contributed by atoms with Gasteiger partial charge in [-0.3, -0.25) is 9.52 Å². The first kappa shape index (κ1) is 16.7. The van der Waals surface area contributed by atoms with Gasteiger partial charge in [-0.1, -0.05) is 30.3 Å². The van der Waals surface area contributed by atoms with E-state index in [1.807, 2.05) is 0 Å². The number of benzene rings is 2. The summed E-state index contributed by atoms with van der Waals surface area (Å²) in [6, 6.07) is 14.1. The highest BCUT2D eigenvalue weighted by Gasteiger charge is 2.14. The van der Waals surface area contributed by atoms with E-state index < -0.39 is 21.8 Å². The number of hydrogen-bond acceptors (Lipinski definition) is 3. The zero-order valence-corrected chi connectivity index (χ0v) is 13.1. The minimum Gasteiger partial charge on any atom is -0.353 e. The molecule has 2 aromatic rings. The molecule has 1 amide bonds. The zero-order chi connectivity index (χ0) is 16.9. The van der Waals surface area contributed by atoms with Gasteiger partial charge in [0, 0.05) is 12.7 Å². The van der Waals surface area contributed by atoms with Crippen LogP contribution in [0.2, 0.25) is 0 Å². The Labute approximate surface area is 133 Å². The van der Waals surface area contributed by atoms with E-state index >= 15 is 0 Å². The summed E-state index contributed by atoms with van der Waals surface area (Å²) in [5.41, 5.74) is 0.687. The van der Waals surface area contributed by atoms with Gasteiger partial charge in [-0.05, 0) is 35.9 Å². The van der Waals surface area contributed by atoms with Crippen molar-refractivity contribution in [3.8, 4) is 0 Å². The van der Waals surface area contributed by atoms with Crippen LogP contribution in [0.1, 0.15) is 5.56 Å². The fourth-order valence-electron chi connectivity index (χ4n) is 1.82. The van der Waals surface area contributed by atoms with Crippen LogP contribution < -0.4 is 10.0 Å². The maximum absolute atomic E-state index is 13.5. The fourth-order valence-corrected chi connectivity index (χ4v) is 2.94. The third-order valence-corrected chi connectivity index (χ3v) is 4.31. The van der Waals surface area contributed by atoms with Gasteiger partial charge in [0.15, 0.2) is 5.83 Å². The zero-order valence-electron chi connectivity index (χ0n) is 12.3. The first-order valence-corrected chi connectivity index (χ1v) is 8.18. The molecule has 0 aromatic heterocycles. The number of amides is 1. The van der Waals surface area contributed by atoms with Gasteiger partial charge >= 0.3 is 0 Å². The quantitative estimate of drug-likeness (QED) is 0.825. The highest BCUT2D eigenvalue weighted by atomic mass is 32.2. The van der Waals surface area contributed by atoms with Crippen LogP contribution in [0.25, 0.3) is 6.08 Å². The van der Waals surface area contributed by atoms with E-state index in [0.717, 1.165) is 6.08 Å². The lowest BCUT2D eigenvalue weighted by molar-refractivity contribution is -0.118. The average molecular weight is 334 g/mol. The number of likely N-dealkylation sites (N-methyl/N-ethyl adjacent to an activating group) is 1. The van der Waals surface area contributed by atoms with Crippen LogP contribution in [0.15, 0.2) is 65.3 Å². The summed E-state index contributed by atoms with van der Waals surface area (Å²) in [5.74, 6) is -1.88. The first-order chi connectivity index (χ1) is 10.9. The van der Waals surface area contributed by atoms with Crippen LogP contribution >= 0.6 is 0 Å². The van der Waals surface area contributed by atoms with E-state index in [1.165, 1.54) is 31.3 Å². The van der Waals surface area contributed by atoms with Crippen molar-refractivity contribution in [2.24, 2.45) is 0 Å². The summed E-state index contributed by atoms with van der Waals surface area (Å²) in [5, 5.41) is 2.15. The summed E-state index contributed by atoms with van der Waals surface area (Å²) < 4.78 is 40.6. The van der Waals surface area contributed by atoms with Crippen molar-refractivity contribution in [2.75, 3.05) is 11.8 Å². The molecule has 0 aliphatic rings. The predicted octanol–water partition coefficient (Wildman–Crippen LogP) is 2.54. The Hall–Kier alpha value is -2.67.